The van der Waals surface area contributed by atoms with Crippen molar-refractivity contribution in [1.82, 2.24) is 9.97 Å². The molecule has 0 fully saturated rings. The van der Waals surface area contributed by atoms with Gasteiger partial charge in [-0.05, 0) is 55.3 Å². The average molecular weight is 404 g/mol. The second kappa shape index (κ2) is 8.28. The first-order valence-corrected chi connectivity index (χ1v) is 9.97. The predicted octanol–water partition coefficient (Wildman–Crippen LogP) is 5.20. The van der Waals surface area contributed by atoms with Crippen molar-refractivity contribution in [2.45, 2.75) is 19.9 Å². The summed E-state index contributed by atoms with van der Waals surface area (Å²) in [5.41, 5.74) is 3.08. The molecule has 0 aliphatic carbocycles. The van der Waals surface area contributed by atoms with E-state index < -0.39 is 0 Å². The monoisotopic (exact) mass is 404 g/mol. The maximum Gasteiger partial charge on any atom is 0.291 e. The molecule has 4 aromatic heterocycles. The number of rotatable bonds is 6. The summed E-state index contributed by atoms with van der Waals surface area (Å²) in [5.74, 6) is 0.739. The number of thiophene rings is 1. The largest absolute Gasteiger partial charge is 0.459 e. The van der Waals surface area contributed by atoms with E-state index in [1.807, 2.05) is 43.5 Å². The van der Waals surface area contributed by atoms with E-state index in [9.17, 15) is 4.79 Å². The SMILES string of the molecule is Cc1sc(NC(=O)c2ccco2)c(C(Nc2ccccn2)c2cccnc2)c1C. The summed E-state index contributed by atoms with van der Waals surface area (Å²) in [5, 5.41) is 7.29. The van der Waals surface area contributed by atoms with Crippen LogP contribution in [0.2, 0.25) is 0 Å². The zero-order chi connectivity index (χ0) is 20.2. The van der Waals surface area contributed by atoms with E-state index in [2.05, 4.69) is 27.5 Å². The molecule has 0 aliphatic heterocycles. The number of furan rings is 1. The number of nitrogens with one attached hydrogen (secondary N) is 2. The maximum atomic E-state index is 12.6. The van der Waals surface area contributed by atoms with Crippen LogP contribution in [0.3, 0.4) is 0 Å². The lowest BCUT2D eigenvalue weighted by molar-refractivity contribution is 0.0997. The van der Waals surface area contributed by atoms with Gasteiger partial charge in [0, 0.05) is 29.0 Å². The Morgan fingerprint density at radius 3 is 2.69 bits per heavy atom. The van der Waals surface area contributed by atoms with Gasteiger partial charge in [-0.1, -0.05) is 12.1 Å². The minimum absolute atomic E-state index is 0.226. The normalized spacial score (nSPS) is 11.8. The Morgan fingerprint density at radius 2 is 2.00 bits per heavy atom. The minimum Gasteiger partial charge on any atom is -0.459 e. The van der Waals surface area contributed by atoms with Crippen LogP contribution in [0, 0.1) is 13.8 Å². The zero-order valence-electron chi connectivity index (χ0n) is 16.0. The van der Waals surface area contributed by atoms with Gasteiger partial charge in [0.15, 0.2) is 5.76 Å². The van der Waals surface area contributed by atoms with Crippen molar-refractivity contribution in [3.05, 3.63) is 94.6 Å². The Bertz CT molecular complexity index is 1090. The molecule has 0 aliphatic rings. The van der Waals surface area contributed by atoms with Crippen LogP contribution >= 0.6 is 11.3 Å². The van der Waals surface area contributed by atoms with Crippen molar-refractivity contribution in [3.63, 3.8) is 0 Å². The van der Waals surface area contributed by atoms with Gasteiger partial charge in [0.2, 0.25) is 0 Å². The van der Waals surface area contributed by atoms with Crippen LogP contribution in [0.5, 0.6) is 0 Å². The van der Waals surface area contributed by atoms with Crippen molar-refractivity contribution in [2.24, 2.45) is 0 Å². The van der Waals surface area contributed by atoms with Crippen molar-refractivity contribution in [1.29, 1.82) is 0 Å². The molecule has 7 heteroatoms. The lowest BCUT2D eigenvalue weighted by Gasteiger charge is -2.22. The average Bonchev–Trinajstić information content (AvgIpc) is 3.37. The highest BCUT2D eigenvalue weighted by molar-refractivity contribution is 7.16. The number of anilines is 2. The molecule has 0 radical (unpaired) electrons. The molecule has 0 aromatic carbocycles. The minimum atomic E-state index is -0.278. The van der Waals surface area contributed by atoms with Crippen LogP contribution in [0.15, 0.2) is 71.7 Å². The Hall–Kier alpha value is -3.45. The summed E-state index contributed by atoms with van der Waals surface area (Å²) in [6.07, 6.45) is 6.80. The summed E-state index contributed by atoms with van der Waals surface area (Å²) >= 11 is 1.55. The highest BCUT2D eigenvalue weighted by Gasteiger charge is 2.25. The number of amides is 1. The van der Waals surface area contributed by atoms with Gasteiger partial charge in [-0.3, -0.25) is 9.78 Å². The first kappa shape index (κ1) is 18.9. The molecule has 146 valence electrons. The first-order valence-electron chi connectivity index (χ1n) is 9.15. The zero-order valence-corrected chi connectivity index (χ0v) is 16.9. The second-order valence-corrected chi connectivity index (χ2v) is 7.76. The number of pyridine rings is 2. The van der Waals surface area contributed by atoms with Gasteiger partial charge >= 0.3 is 0 Å². The van der Waals surface area contributed by atoms with Gasteiger partial charge in [0.05, 0.1) is 12.3 Å². The number of hydrogen-bond acceptors (Lipinski definition) is 6. The summed E-state index contributed by atoms with van der Waals surface area (Å²) < 4.78 is 5.24. The molecule has 1 amide bonds. The molecule has 0 saturated carbocycles. The quantitative estimate of drug-likeness (QED) is 0.462. The van der Waals surface area contributed by atoms with E-state index in [-0.39, 0.29) is 17.7 Å². The Labute approximate surface area is 172 Å². The Balaban J connectivity index is 1.76. The summed E-state index contributed by atoms with van der Waals surface area (Å²) in [6, 6.07) is 12.8. The predicted molar refractivity (Wildman–Crippen MR) is 114 cm³/mol. The fraction of sp³-hybridized carbons (Fsp3) is 0.136. The molecule has 0 spiro atoms. The van der Waals surface area contributed by atoms with Gasteiger partial charge < -0.3 is 15.1 Å². The Morgan fingerprint density at radius 1 is 1.10 bits per heavy atom. The molecule has 4 rings (SSSR count). The van der Waals surface area contributed by atoms with Crippen molar-refractivity contribution < 1.29 is 9.21 Å². The number of nitrogens with zero attached hydrogens (tertiary/aromatic N) is 2. The van der Waals surface area contributed by atoms with Crippen LogP contribution in [0.4, 0.5) is 10.8 Å². The third-order valence-corrected chi connectivity index (χ3v) is 5.81. The third-order valence-electron chi connectivity index (χ3n) is 4.67. The van der Waals surface area contributed by atoms with Crippen molar-refractivity contribution in [2.75, 3.05) is 10.6 Å². The molecule has 29 heavy (non-hydrogen) atoms. The van der Waals surface area contributed by atoms with E-state index in [1.165, 1.54) is 6.26 Å². The molecule has 4 heterocycles. The van der Waals surface area contributed by atoms with Crippen molar-refractivity contribution >= 4 is 28.1 Å². The summed E-state index contributed by atoms with van der Waals surface area (Å²) in [7, 11) is 0. The standard InChI is InChI=1S/C22H20N4O2S/c1-14-15(2)29-22(26-21(27)17-8-6-12-28-17)19(14)20(16-7-5-10-23-13-16)25-18-9-3-4-11-24-18/h3-13,20H,1-2H3,(H,24,25)(H,26,27). The number of aryl methyl sites for hydroxylation is 1. The smallest absolute Gasteiger partial charge is 0.291 e. The highest BCUT2D eigenvalue weighted by atomic mass is 32.1. The molecule has 0 saturated heterocycles. The second-order valence-electron chi connectivity index (χ2n) is 6.54. The van der Waals surface area contributed by atoms with Gasteiger partial charge in [0.25, 0.3) is 5.91 Å². The fourth-order valence-electron chi connectivity index (χ4n) is 3.12. The lowest BCUT2D eigenvalue weighted by atomic mass is 9.97. The lowest BCUT2D eigenvalue weighted by Crippen LogP contribution is -2.17. The van der Waals surface area contributed by atoms with E-state index in [0.29, 0.717) is 0 Å². The number of aromatic nitrogens is 2. The first-order chi connectivity index (χ1) is 14.1. The van der Waals surface area contributed by atoms with E-state index in [1.54, 1.807) is 35.9 Å². The molecule has 1 atom stereocenters. The molecule has 0 bridgehead atoms. The summed E-state index contributed by atoms with van der Waals surface area (Å²) in [4.78, 5) is 22.4. The molecule has 1 unspecified atom stereocenters. The third kappa shape index (κ3) is 4.05. The molecule has 2 N–H and O–H groups in total. The number of carbonyl (C=O) groups is 1. The van der Waals surface area contributed by atoms with Crippen molar-refractivity contribution in [3.8, 4) is 0 Å². The van der Waals surface area contributed by atoms with Crippen LogP contribution in [0.1, 0.15) is 38.2 Å². The molecular weight excluding hydrogens is 384 g/mol. The van der Waals surface area contributed by atoms with Gasteiger partial charge in [-0.25, -0.2) is 4.98 Å². The van der Waals surface area contributed by atoms with E-state index in [0.717, 1.165) is 32.4 Å². The van der Waals surface area contributed by atoms with Gasteiger partial charge in [-0.2, -0.15) is 0 Å². The summed E-state index contributed by atoms with van der Waals surface area (Å²) in [6.45, 7) is 4.11. The van der Waals surface area contributed by atoms with Crippen LogP contribution in [0.25, 0.3) is 0 Å². The fourth-order valence-corrected chi connectivity index (χ4v) is 4.22. The topological polar surface area (TPSA) is 80.0 Å². The van der Waals surface area contributed by atoms with Crippen LogP contribution in [-0.2, 0) is 0 Å². The Kier molecular flexibility index (Phi) is 5.39. The van der Waals surface area contributed by atoms with Gasteiger partial charge in [-0.15, -0.1) is 11.3 Å². The molecule has 4 aromatic rings. The van der Waals surface area contributed by atoms with Gasteiger partial charge in [0.1, 0.15) is 10.8 Å². The molecular formula is C22H20N4O2S. The van der Waals surface area contributed by atoms with E-state index in [4.69, 9.17) is 4.42 Å². The van der Waals surface area contributed by atoms with Crippen LogP contribution < -0.4 is 10.6 Å². The number of carbonyl (C=O) groups excluding carboxylic acids is 1. The van der Waals surface area contributed by atoms with Crippen LogP contribution in [-0.4, -0.2) is 15.9 Å². The number of hydrogen-bond donors (Lipinski definition) is 2. The highest BCUT2D eigenvalue weighted by Crippen LogP contribution is 2.40. The maximum absolute atomic E-state index is 12.6. The molecule has 6 nitrogen and oxygen atoms in total. The van der Waals surface area contributed by atoms with E-state index >= 15 is 0 Å².